The van der Waals surface area contributed by atoms with Gasteiger partial charge in [-0.25, -0.2) is 9.37 Å². The van der Waals surface area contributed by atoms with Crippen molar-refractivity contribution in [3.05, 3.63) is 53.5 Å². The van der Waals surface area contributed by atoms with Gasteiger partial charge in [-0.2, -0.15) is 0 Å². The highest BCUT2D eigenvalue weighted by atomic mass is 19.1. The molecule has 0 radical (unpaired) electrons. The third-order valence-electron chi connectivity index (χ3n) is 3.44. The minimum Gasteiger partial charge on any atom is -0.329 e. The molecule has 112 valence electrons. The third kappa shape index (κ3) is 4.02. The number of hydrogen-bond acceptors (Lipinski definition) is 3. The van der Waals surface area contributed by atoms with Gasteiger partial charge in [0.25, 0.3) is 0 Å². The van der Waals surface area contributed by atoms with Crippen LogP contribution >= 0.6 is 0 Å². The topological polar surface area (TPSA) is 28.2 Å². The number of nitrogens with zero attached hydrogens (tertiary/aromatic N) is 2. The van der Waals surface area contributed by atoms with Gasteiger partial charge in [0, 0.05) is 31.0 Å². The molecule has 0 atom stereocenters. The monoisotopic (exact) mass is 287 g/mol. The van der Waals surface area contributed by atoms with Crippen LogP contribution in [0.2, 0.25) is 0 Å². The number of benzene rings is 1. The van der Waals surface area contributed by atoms with E-state index in [4.69, 9.17) is 0 Å². The van der Waals surface area contributed by atoms with E-state index in [0.717, 1.165) is 23.7 Å². The van der Waals surface area contributed by atoms with Crippen molar-refractivity contribution >= 4 is 11.5 Å². The molecule has 1 aromatic heterocycles. The Morgan fingerprint density at radius 2 is 1.81 bits per heavy atom. The number of aryl methyl sites for hydroxylation is 1. The molecule has 0 aliphatic rings. The van der Waals surface area contributed by atoms with Crippen LogP contribution in [0.4, 0.5) is 15.9 Å². The van der Waals surface area contributed by atoms with Crippen LogP contribution in [0.5, 0.6) is 0 Å². The Bertz CT molecular complexity index is 593. The van der Waals surface area contributed by atoms with Gasteiger partial charge in [-0.05, 0) is 42.8 Å². The summed E-state index contributed by atoms with van der Waals surface area (Å²) < 4.78 is 13.0. The third-order valence-corrected chi connectivity index (χ3v) is 3.44. The predicted octanol–water partition coefficient (Wildman–Crippen LogP) is 3.80. The Hall–Kier alpha value is -1.94. The lowest BCUT2D eigenvalue weighted by Gasteiger charge is -2.20. The number of nitrogens with one attached hydrogen (secondary N) is 1. The molecule has 0 bridgehead atoms. The summed E-state index contributed by atoms with van der Waals surface area (Å²) in [6.45, 7) is 7.08. The maximum atomic E-state index is 13.0. The molecule has 2 rings (SSSR count). The molecule has 1 aromatic carbocycles. The van der Waals surface area contributed by atoms with Crippen molar-refractivity contribution in [3.63, 3.8) is 0 Å². The minimum absolute atomic E-state index is 0.230. The summed E-state index contributed by atoms with van der Waals surface area (Å²) in [7, 11) is 1.93. The molecule has 21 heavy (non-hydrogen) atoms. The van der Waals surface area contributed by atoms with Gasteiger partial charge in [0.15, 0.2) is 0 Å². The van der Waals surface area contributed by atoms with E-state index >= 15 is 0 Å². The first-order chi connectivity index (χ1) is 9.97. The van der Waals surface area contributed by atoms with E-state index in [-0.39, 0.29) is 5.82 Å². The molecule has 0 aliphatic carbocycles. The first-order valence-electron chi connectivity index (χ1n) is 7.16. The standard InChI is InChI=1S/C17H22FN3/c1-12(2)19-11-14-5-10-17(20-13(14)3)21(4)16-8-6-15(18)7-9-16/h5-10,12,19H,11H2,1-4H3. The second-order valence-corrected chi connectivity index (χ2v) is 5.49. The lowest BCUT2D eigenvalue weighted by atomic mass is 10.2. The fraction of sp³-hybridized carbons (Fsp3) is 0.353. The van der Waals surface area contributed by atoms with Crippen molar-refractivity contribution in [3.8, 4) is 0 Å². The number of aromatic nitrogens is 1. The molecule has 0 unspecified atom stereocenters. The highest BCUT2D eigenvalue weighted by Gasteiger charge is 2.08. The van der Waals surface area contributed by atoms with Crippen LogP contribution in [-0.4, -0.2) is 18.1 Å². The minimum atomic E-state index is -0.230. The Labute approximate surface area is 125 Å². The molecule has 3 nitrogen and oxygen atoms in total. The number of halogens is 1. The van der Waals surface area contributed by atoms with E-state index in [1.165, 1.54) is 17.7 Å². The molecule has 0 fully saturated rings. The normalized spacial score (nSPS) is 11.0. The molecule has 4 heteroatoms. The molecule has 1 N–H and O–H groups in total. The Balaban J connectivity index is 2.17. The molecule has 0 saturated heterocycles. The van der Waals surface area contributed by atoms with Crippen molar-refractivity contribution in [1.82, 2.24) is 10.3 Å². The summed E-state index contributed by atoms with van der Waals surface area (Å²) in [6, 6.07) is 11.0. The van der Waals surface area contributed by atoms with Crippen LogP contribution in [0.25, 0.3) is 0 Å². The Morgan fingerprint density at radius 1 is 1.14 bits per heavy atom. The number of hydrogen-bond donors (Lipinski definition) is 1. The van der Waals surface area contributed by atoms with Crippen molar-refractivity contribution < 1.29 is 4.39 Å². The van der Waals surface area contributed by atoms with Gasteiger partial charge in [-0.3, -0.25) is 0 Å². The highest BCUT2D eigenvalue weighted by Crippen LogP contribution is 2.23. The zero-order chi connectivity index (χ0) is 15.4. The molecule has 1 heterocycles. The van der Waals surface area contributed by atoms with Crippen molar-refractivity contribution in [2.24, 2.45) is 0 Å². The van der Waals surface area contributed by atoms with Crippen LogP contribution in [0.15, 0.2) is 36.4 Å². The molecule has 0 aliphatic heterocycles. The average molecular weight is 287 g/mol. The molecular weight excluding hydrogens is 265 g/mol. The first-order valence-corrected chi connectivity index (χ1v) is 7.16. The summed E-state index contributed by atoms with van der Waals surface area (Å²) in [5, 5.41) is 3.39. The maximum absolute atomic E-state index is 13.0. The maximum Gasteiger partial charge on any atom is 0.132 e. The van der Waals surface area contributed by atoms with Crippen LogP contribution in [0, 0.1) is 12.7 Å². The van der Waals surface area contributed by atoms with E-state index in [2.05, 4.69) is 30.2 Å². The lowest BCUT2D eigenvalue weighted by molar-refractivity contribution is 0.586. The van der Waals surface area contributed by atoms with Gasteiger partial charge < -0.3 is 10.2 Å². The van der Waals surface area contributed by atoms with Gasteiger partial charge in [0.05, 0.1) is 0 Å². The molecule has 0 amide bonds. The molecule has 0 spiro atoms. The lowest BCUT2D eigenvalue weighted by Crippen LogP contribution is -2.22. The van der Waals surface area contributed by atoms with E-state index < -0.39 is 0 Å². The predicted molar refractivity (Wildman–Crippen MR) is 85.4 cm³/mol. The quantitative estimate of drug-likeness (QED) is 0.906. The zero-order valence-corrected chi connectivity index (χ0v) is 13.0. The number of rotatable bonds is 5. The average Bonchev–Trinajstić information content (AvgIpc) is 2.46. The zero-order valence-electron chi connectivity index (χ0n) is 13.0. The van der Waals surface area contributed by atoms with Crippen LogP contribution < -0.4 is 10.2 Å². The fourth-order valence-corrected chi connectivity index (χ4v) is 2.06. The molecule has 0 saturated carbocycles. The molecular formula is C17H22FN3. The largest absolute Gasteiger partial charge is 0.329 e. The van der Waals surface area contributed by atoms with E-state index in [0.29, 0.717) is 6.04 Å². The summed E-state index contributed by atoms with van der Waals surface area (Å²) in [5.74, 6) is 0.624. The summed E-state index contributed by atoms with van der Waals surface area (Å²) in [5.41, 5.74) is 3.12. The number of anilines is 2. The van der Waals surface area contributed by atoms with Gasteiger partial charge in [0.2, 0.25) is 0 Å². The van der Waals surface area contributed by atoms with Crippen molar-refractivity contribution in [1.29, 1.82) is 0 Å². The fourth-order valence-electron chi connectivity index (χ4n) is 2.06. The van der Waals surface area contributed by atoms with Crippen molar-refractivity contribution in [2.75, 3.05) is 11.9 Å². The van der Waals surface area contributed by atoms with Crippen molar-refractivity contribution in [2.45, 2.75) is 33.4 Å². The highest BCUT2D eigenvalue weighted by molar-refractivity contribution is 5.59. The molecule has 2 aromatic rings. The summed E-state index contributed by atoms with van der Waals surface area (Å²) >= 11 is 0. The van der Waals surface area contributed by atoms with Crippen LogP contribution in [0.1, 0.15) is 25.1 Å². The first kappa shape index (κ1) is 15.4. The van der Waals surface area contributed by atoms with Gasteiger partial charge in [-0.1, -0.05) is 19.9 Å². The van der Waals surface area contributed by atoms with Gasteiger partial charge in [-0.15, -0.1) is 0 Å². The van der Waals surface area contributed by atoms with Crippen LogP contribution in [-0.2, 0) is 6.54 Å². The Morgan fingerprint density at radius 3 is 2.38 bits per heavy atom. The SMILES string of the molecule is Cc1nc(N(C)c2ccc(F)cc2)ccc1CNC(C)C. The van der Waals surface area contributed by atoms with Crippen LogP contribution in [0.3, 0.4) is 0 Å². The summed E-state index contributed by atoms with van der Waals surface area (Å²) in [4.78, 5) is 6.59. The van der Waals surface area contributed by atoms with Gasteiger partial charge in [0.1, 0.15) is 11.6 Å². The second kappa shape index (κ2) is 6.68. The Kier molecular flexibility index (Phi) is 4.91. The number of pyridine rings is 1. The second-order valence-electron chi connectivity index (χ2n) is 5.49. The van der Waals surface area contributed by atoms with E-state index in [9.17, 15) is 4.39 Å². The van der Waals surface area contributed by atoms with E-state index in [1.807, 2.05) is 24.9 Å². The smallest absolute Gasteiger partial charge is 0.132 e. The van der Waals surface area contributed by atoms with Gasteiger partial charge >= 0.3 is 0 Å². The van der Waals surface area contributed by atoms with E-state index in [1.54, 1.807) is 12.1 Å². The summed E-state index contributed by atoms with van der Waals surface area (Å²) in [6.07, 6.45) is 0.